The predicted octanol–water partition coefficient (Wildman–Crippen LogP) is 3.55. The maximum Gasteiger partial charge on any atom is 0.125 e. The van der Waals surface area contributed by atoms with E-state index in [2.05, 4.69) is 15.9 Å². The summed E-state index contributed by atoms with van der Waals surface area (Å²) < 4.78 is 11.4. The molecule has 0 aliphatic carbocycles. The third-order valence-corrected chi connectivity index (χ3v) is 3.45. The van der Waals surface area contributed by atoms with Gasteiger partial charge in [0.15, 0.2) is 0 Å². The summed E-state index contributed by atoms with van der Waals surface area (Å²) in [5.74, 6) is 1.32. The Morgan fingerprint density at radius 3 is 2.26 bits per heavy atom. The van der Waals surface area contributed by atoms with Gasteiger partial charge in [-0.2, -0.15) is 0 Å². The van der Waals surface area contributed by atoms with E-state index in [9.17, 15) is 5.11 Å². The molecule has 0 aliphatic rings. The van der Waals surface area contributed by atoms with Crippen molar-refractivity contribution >= 4 is 15.9 Å². The van der Waals surface area contributed by atoms with Crippen LogP contribution in [0.5, 0.6) is 11.5 Å². The van der Waals surface area contributed by atoms with E-state index in [0.29, 0.717) is 17.1 Å². The van der Waals surface area contributed by atoms with Gasteiger partial charge in [0.05, 0.1) is 14.2 Å². The number of aliphatic hydroxyl groups excluding tert-OH is 1. The fourth-order valence-electron chi connectivity index (χ4n) is 1.88. The molecule has 4 heteroatoms. The number of halogens is 1. The van der Waals surface area contributed by atoms with Crippen LogP contribution in [0.25, 0.3) is 0 Å². The highest BCUT2D eigenvalue weighted by Gasteiger charge is 2.16. The molecule has 2 aromatic carbocycles. The summed E-state index contributed by atoms with van der Waals surface area (Å²) in [7, 11) is 3.18. The predicted molar refractivity (Wildman–Crippen MR) is 77.7 cm³/mol. The van der Waals surface area contributed by atoms with Gasteiger partial charge in [-0.05, 0) is 35.9 Å². The highest BCUT2D eigenvalue weighted by molar-refractivity contribution is 9.10. The summed E-state index contributed by atoms with van der Waals surface area (Å²) in [4.78, 5) is 0. The topological polar surface area (TPSA) is 38.7 Å². The standard InChI is InChI=1S/C15H15BrO3/c1-18-12-7-8-14(19-2)13(9-12)15(17)10-3-5-11(16)6-4-10/h3-9,15,17H,1-2H3/t15-/m0/s1. The number of hydrogen-bond acceptors (Lipinski definition) is 3. The van der Waals surface area contributed by atoms with Crippen molar-refractivity contribution in [3.8, 4) is 11.5 Å². The molecule has 0 heterocycles. The van der Waals surface area contributed by atoms with Crippen LogP contribution in [-0.4, -0.2) is 19.3 Å². The second-order valence-electron chi connectivity index (χ2n) is 4.06. The van der Waals surface area contributed by atoms with Crippen LogP contribution in [0.15, 0.2) is 46.9 Å². The summed E-state index contributed by atoms with van der Waals surface area (Å²) in [6.07, 6.45) is -0.752. The second-order valence-corrected chi connectivity index (χ2v) is 4.98. The molecule has 0 bridgehead atoms. The third-order valence-electron chi connectivity index (χ3n) is 2.92. The van der Waals surface area contributed by atoms with Crippen LogP contribution in [0.2, 0.25) is 0 Å². The zero-order chi connectivity index (χ0) is 13.8. The summed E-state index contributed by atoms with van der Waals surface area (Å²) >= 11 is 3.38. The molecule has 19 heavy (non-hydrogen) atoms. The fourth-order valence-corrected chi connectivity index (χ4v) is 2.14. The van der Waals surface area contributed by atoms with E-state index < -0.39 is 6.10 Å². The number of hydrogen-bond donors (Lipinski definition) is 1. The van der Waals surface area contributed by atoms with Crippen molar-refractivity contribution in [2.75, 3.05) is 14.2 Å². The highest BCUT2D eigenvalue weighted by atomic mass is 79.9. The summed E-state index contributed by atoms with van der Waals surface area (Å²) in [5.41, 5.74) is 1.49. The van der Waals surface area contributed by atoms with Crippen molar-refractivity contribution in [3.63, 3.8) is 0 Å². The quantitative estimate of drug-likeness (QED) is 0.935. The van der Waals surface area contributed by atoms with Crippen molar-refractivity contribution < 1.29 is 14.6 Å². The minimum atomic E-state index is -0.752. The van der Waals surface area contributed by atoms with Crippen LogP contribution in [0.1, 0.15) is 17.2 Å². The van der Waals surface area contributed by atoms with Gasteiger partial charge in [0.2, 0.25) is 0 Å². The molecule has 0 saturated heterocycles. The van der Waals surface area contributed by atoms with E-state index in [1.165, 1.54) is 0 Å². The minimum Gasteiger partial charge on any atom is -0.497 e. The zero-order valence-electron chi connectivity index (χ0n) is 10.8. The first-order valence-corrected chi connectivity index (χ1v) is 6.60. The Hall–Kier alpha value is -1.52. The largest absolute Gasteiger partial charge is 0.497 e. The highest BCUT2D eigenvalue weighted by Crippen LogP contribution is 2.33. The SMILES string of the molecule is COc1ccc(OC)c([C@@H](O)c2ccc(Br)cc2)c1. The molecule has 0 saturated carbocycles. The average Bonchev–Trinajstić information content (AvgIpc) is 2.46. The molecule has 100 valence electrons. The van der Waals surface area contributed by atoms with Gasteiger partial charge in [-0.25, -0.2) is 0 Å². The fraction of sp³-hybridized carbons (Fsp3) is 0.200. The molecule has 0 unspecified atom stereocenters. The molecular formula is C15H15BrO3. The van der Waals surface area contributed by atoms with Crippen molar-refractivity contribution in [1.29, 1.82) is 0 Å². The lowest BCUT2D eigenvalue weighted by Gasteiger charge is -2.16. The smallest absolute Gasteiger partial charge is 0.125 e. The van der Waals surface area contributed by atoms with Gasteiger partial charge in [0.1, 0.15) is 17.6 Å². The van der Waals surface area contributed by atoms with Gasteiger partial charge in [-0.3, -0.25) is 0 Å². The monoisotopic (exact) mass is 322 g/mol. The number of benzene rings is 2. The lowest BCUT2D eigenvalue weighted by molar-refractivity contribution is 0.214. The lowest BCUT2D eigenvalue weighted by Crippen LogP contribution is -2.03. The molecule has 0 aliphatic heterocycles. The van der Waals surface area contributed by atoms with E-state index >= 15 is 0 Å². The molecule has 1 N–H and O–H groups in total. The first-order chi connectivity index (χ1) is 9.15. The maximum absolute atomic E-state index is 10.5. The molecular weight excluding hydrogens is 308 g/mol. The Balaban J connectivity index is 2.41. The maximum atomic E-state index is 10.5. The van der Waals surface area contributed by atoms with Crippen molar-refractivity contribution in [3.05, 3.63) is 58.1 Å². The summed E-state index contributed by atoms with van der Waals surface area (Å²) in [6, 6.07) is 12.9. The average molecular weight is 323 g/mol. The van der Waals surface area contributed by atoms with E-state index in [-0.39, 0.29) is 0 Å². The Labute approximate surface area is 120 Å². The zero-order valence-corrected chi connectivity index (χ0v) is 12.3. The van der Waals surface area contributed by atoms with Crippen LogP contribution in [-0.2, 0) is 0 Å². The van der Waals surface area contributed by atoms with Crippen molar-refractivity contribution in [2.45, 2.75) is 6.10 Å². The van der Waals surface area contributed by atoms with Gasteiger partial charge in [0, 0.05) is 10.0 Å². The lowest BCUT2D eigenvalue weighted by atomic mass is 10.0. The minimum absolute atomic E-state index is 0.635. The molecule has 0 radical (unpaired) electrons. The van der Waals surface area contributed by atoms with Crippen LogP contribution < -0.4 is 9.47 Å². The molecule has 1 atom stereocenters. The third kappa shape index (κ3) is 3.08. The van der Waals surface area contributed by atoms with Crippen molar-refractivity contribution in [1.82, 2.24) is 0 Å². The normalized spacial score (nSPS) is 12.0. The number of methoxy groups -OCH3 is 2. The van der Waals surface area contributed by atoms with E-state index in [1.807, 2.05) is 24.3 Å². The van der Waals surface area contributed by atoms with Gasteiger partial charge >= 0.3 is 0 Å². The molecule has 0 spiro atoms. The first-order valence-electron chi connectivity index (χ1n) is 5.81. The molecule has 2 aromatic rings. The van der Waals surface area contributed by atoms with Crippen LogP contribution in [0.4, 0.5) is 0 Å². The molecule has 0 fully saturated rings. The van der Waals surface area contributed by atoms with Gasteiger partial charge in [-0.1, -0.05) is 28.1 Å². The van der Waals surface area contributed by atoms with Crippen LogP contribution in [0, 0.1) is 0 Å². The van der Waals surface area contributed by atoms with E-state index in [1.54, 1.807) is 32.4 Å². The summed E-state index contributed by atoms with van der Waals surface area (Å²) in [6.45, 7) is 0. The number of rotatable bonds is 4. The van der Waals surface area contributed by atoms with Gasteiger partial charge in [-0.15, -0.1) is 0 Å². The van der Waals surface area contributed by atoms with Gasteiger partial charge < -0.3 is 14.6 Å². The van der Waals surface area contributed by atoms with E-state index in [4.69, 9.17) is 9.47 Å². The van der Waals surface area contributed by atoms with E-state index in [0.717, 1.165) is 10.0 Å². The van der Waals surface area contributed by atoms with Gasteiger partial charge in [0.25, 0.3) is 0 Å². The Bertz CT molecular complexity index is 552. The molecule has 0 amide bonds. The molecule has 0 aromatic heterocycles. The second kappa shape index (κ2) is 6.08. The molecule has 2 rings (SSSR count). The van der Waals surface area contributed by atoms with Crippen molar-refractivity contribution in [2.24, 2.45) is 0 Å². The summed E-state index contributed by atoms with van der Waals surface area (Å²) in [5, 5.41) is 10.5. The number of aliphatic hydroxyl groups is 1. The molecule has 3 nitrogen and oxygen atoms in total. The Kier molecular flexibility index (Phi) is 4.45. The Morgan fingerprint density at radius 2 is 1.68 bits per heavy atom. The first kappa shape index (κ1) is 13.9. The number of ether oxygens (including phenoxy) is 2. The van der Waals surface area contributed by atoms with Crippen LogP contribution >= 0.6 is 15.9 Å². The Morgan fingerprint density at radius 1 is 1.00 bits per heavy atom. The van der Waals surface area contributed by atoms with Crippen LogP contribution in [0.3, 0.4) is 0 Å².